The van der Waals surface area contributed by atoms with Gasteiger partial charge in [-0.1, -0.05) is 12.1 Å². The van der Waals surface area contributed by atoms with Crippen LogP contribution in [0.25, 0.3) is 0 Å². The van der Waals surface area contributed by atoms with Crippen molar-refractivity contribution >= 4 is 5.69 Å². The molecule has 0 saturated heterocycles. The molecule has 3 nitrogen and oxygen atoms in total. The maximum atomic E-state index is 12.0. The van der Waals surface area contributed by atoms with Crippen molar-refractivity contribution in [3.8, 4) is 5.75 Å². The van der Waals surface area contributed by atoms with Gasteiger partial charge in [0, 0.05) is 25.2 Å². The third-order valence-corrected chi connectivity index (χ3v) is 2.66. The first-order valence-corrected chi connectivity index (χ1v) is 5.82. The first kappa shape index (κ1) is 13.0. The van der Waals surface area contributed by atoms with E-state index in [0.29, 0.717) is 13.2 Å². The normalized spacial score (nSPS) is 14.6. The van der Waals surface area contributed by atoms with Gasteiger partial charge in [-0.2, -0.15) is 13.2 Å². The van der Waals surface area contributed by atoms with E-state index in [0.717, 1.165) is 23.5 Å². The highest BCUT2D eigenvalue weighted by atomic mass is 19.4. The molecule has 0 unspecified atom stereocenters. The quantitative estimate of drug-likeness (QED) is 0.816. The second-order valence-electron chi connectivity index (χ2n) is 4.11. The first-order chi connectivity index (χ1) is 8.56. The zero-order chi connectivity index (χ0) is 13.0. The van der Waals surface area contributed by atoms with Gasteiger partial charge in [0.25, 0.3) is 0 Å². The van der Waals surface area contributed by atoms with Crippen molar-refractivity contribution in [1.82, 2.24) is 5.32 Å². The average Bonchev–Trinajstić information content (AvgIpc) is 2.33. The molecular formula is C12H15F3N2O. The second-order valence-corrected chi connectivity index (χ2v) is 4.11. The first-order valence-electron chi connectivity index (χ1n) is 5.82. The lowest BCUT2D eigenvalue weighted by Crippen LogP contribution is -2.23. The van der Waals surface area contributed by atoms with Crippen LogP contribution in [0.5, 0.6) is 5.75 Å². The maximum absolute atomic E-state index is 12.0. The Labute approximate surface area is 103 Å². The number of benzene rings is 1. The number of nitrogens with one attached hydrogen (secondary N) is 2. The van der Waals surface area contributed by atoms with Gasteiger partial charge in [0.1, 0.15) is 12.4 Å². The van der Waals surface area contributed by atoms with Crippen LogP contribution >= 0.6 is 0 Å². The fourth-order valence-electron chi connectivity index (χ4n) is 1.83. The van der Waals surface area contributed by atoms with Gasteiger partial charge in [-0.3, -0.25) is 0 Å². The molecule has 100 valence electrons. The predicted octanol–water partition coefficient (Wildman–Crippen LogP) is 2.53. The number of halogens is 3. The fourth-order valence-corrected chi connectivity index (χ4v) is 1.83. The molecule has 1 aromatic carbocycles. The lowest BCUT2D eigenvalue weighted by atomic mass is 10.1. The van der Waals surface area contributed by atoms with Crippen molar-refractivity contribution in [1.29, 1.82) is 0 Å². The highest BCUT2D eigenvalue weighted by Crippen LogP contribution is 2.31. The SMILES string of the molecule is FC(F)(F)CCNCc1cccc2c1OCCN2. The van der Waals surface area contributed by atoms with Crippen molar-refractivity contribution in [3.63, 3.8) is 0 Å². The van der Waals surface area contributed by atoms with E-state index in [1.165, 1.54) is 0 Å². The molecule has 1 aliphatic rings. The Morgan fingerprint density at radius 2 is 2.17 bits per heavy atom. The van der Waals surface area contributed by atoms with E-state index in [2.05, 4.69) is 10.6 Å². The zero-order valence-electron chi connectivity index (χ0n) is 9.81. The van der Waals surface area contributed by atoms with Crippen LogP contribution in [-0.2, 0) is 6.54 Å². The molecular weight excluding hydrogens is 245 g/mol. The fraction of sp³-hybridized carbons (Fsp3) is 0.500. The van der Waals surface area contributed by atoms with Gasteiger partial charge in [0.2, 0.25) is 0 Å². The summed E-state index contributed by atoms with van der Waals surface area (Å²) < 4.78 is 41.5. The van der Waals surface area contributed by atoms with Crippen LogP contribution in [0.15, 0.2) is 18.2 Å². The summed E-state index contributed by atoms with van der Waals surface area (Å²) in [5.74, 6) is 0.739. The molecule has 2 N–H and O–H groups in total. The molecule has 0 atom stereocenters. The molecule has 0 amide bonds. The summed E-state index contributed by atoms with van der Waals surface area (Å²) in [5.41, 5.74) is 1.78. The molecule has 6 heteroatoms. The Morgan fingerprint density at radius 3 is 2.94 bits per heavy atom. The lowest BCUT2D eigenvalue weighted by Gasteiger charge is -2.22. The minimum absolute atomic E-state index is 0.0827. The topological polar surface area (TPSA) is 33.3 Å². The van der Waals surface area contributed by atoms with E-state index < -0.39 is 12.6 Å². The Bertz CT molecular complexity index is 407. The molecule has 18 heavy (non-hydrogen) atoms. The van der Waals surface area contributed by atoms with Crippen LogP contribution < -0.4 is 15.4 Å². The average molecular weight is 260 g/mol. The van der Waals surface area contributed by atoms with Crippen molar-refractivity contribution in [3.05, 3.63) is 23.8 Å². The molecule has 0 radical (unpaired) electrons. The standard InChI is InChI=1S/C12H15F3N2O/c13-12(14,15)4-5-16-8-9-2-1-3-10-11(9)18-7-6-17-10/h1-3,16-17H,4-8H2. The molecule has 1 aliphatic heterocycles. The summed E-state index contributed by atoms with van der Waals surface area (Å²) in [5, 5.41) is 5.97. The smallest absolute Gasteiger partial charge is 0.390 e. The monoisotopic (exact) mass is 260 g/mol. The third kappa shape index (κ3) is 3.53. The summed E-state index contributed by atoms with van der Waals surface area (Å²) >= 11 is 0. The third-order valence-electron chi connectivity index (χ3n) is 2.66. The maximum Gasteiger partial charge on any atom is 0.390 e. The molecule has 0 aliphatic carbocycles. The minimum atomic E-state index is -4.11. The van der Waals surface area contributed by atoms with E-state index in [9.17, 15) is 13.2 Å². The van der Waals surface area contributed by atoms with Gasteiger partial charge in [-0.25, -0.2) is 0 Å². The van der Waals surface area contributed by atoms with E-state index in [1.54, 1.807) is 0 Å². The largest absolute Gasteiger partial charge is 0.489 e. The summed E-state index contributed by atoms with van der Waals surface area (Å²) in [6.07, 6.45) is -4.93. The number of anilines is 1. The summed E-state index contributed by atoms with van der Waals surface area (Å²) in [4.78, 5) is 0. The van der Waals surface area contributed by atoms with Crippen LogP contribution in [0, 0.1) is 0 Å². The van der Waals surface area contributed by atoms with Crippen LogP contribution in [0.4, 0.5) is 18.9 Å². The molecule has 1 heterocycles. The minimum Gasteiger partial charge on any atom is -0.489 e. The number of hydrogen-bond donors (Lipinski definition) is 2. The van der Waals surface area contributed by atoms with Crippen molar-refractivity contribution in [2.24, 2.45) is 0 Å². The predicted molar refractivity (Wildman–Crippen MR) is 62.8 cm³/mol. The number of hydrogen-bond acceptors (Lipinski definition) is 3. The van der Waals surface area contributed by atoms with Gasteiger partial charge < -0.3 is 15.4 Å². The van der Waals surface area contributed by atoms with Gasteiger partial charge in [-0.05, 0) is 6.07 Å². The van der Waals surface area contributed by atoms with Gasteiger partial charge in [0.05, 0.1) is 12.1 Å². The Balaban J connectivity index is 1.90. The van der Waals surface area contributed by atoms with Crippen LogP contribution in [-0.4, -0.2) is 25.9 Å². The number of alkyl halides is 3. The zero-order valence-corrected chi connectivity index (χ0v) is 9.81. The highest BCUT2D eigenvalue weighted by molar-refractivity contribution is 5.61. The van der Waals surface area contributed by atoms with Gasteiger partial charge >= 0.3 is 6.18 Å². The van der Waals surface area contributed by atoms with E-state index >= 15 is 0 Å². The van der Waals surface area contributed by atoms with Crippen molar-refractivity contribution in [2.45, 2.75) is 19.1 Å². The number of rotatable bonds is 4. The molecule has 1 aromatic rings. The number of ether oxygens (including phenoxy) is 1. The molecule has 0 saturated carbocycles. The second kappa shape index (κ2) is 5.48. The lowest BCUT2D eigenvalue weighted by molar-refractivity contribution is -0.133. The number of para-hydroxylation sites is 1. The molecule has 0 spiro atoms. The Hall–Kier alpha value is -1.43. The van der Waals surface area contributed by atoms with E-state index in [1.807, 2.05) is 18.2 Å². The number of fused-ring (bicyclic) bond motifs is 1. The van der Waals surface area contributed by atoms with Gasteiger partial charge in [0.15, 0.2) is 0 Å². The molecule has 2 rings (SSSR count). The molecule has 0 bridgehead atoms. The summed E-state index contributed by atoms with van der Waals surface area (Å²) in [7, 11) is 0. The summed E-state index contributed by atoms with van der Waals surface area (Å²) in [6, 6.07) is 5.61. The van der Waals surface area contributed by atoms with Gasteiger partial charge in [-0.15, -0.1) is 0 Å². The molecule has 0 fully saturated rings. The van der Waals surface area contributed by atoms with Crippen LogP contribution in [0.1, 0.15) is 12.0 Å². The molecule has 0 aromatic heterocycles. The van der Waals surface area contributed by atoms with Crippen molar-refractivity contribution in [2.75, 3.05) is 25.0 Å². The Kier molecular flexibility index (Phi) is 3.96. The highest BCUT2D eigenvalue weighted by Gasteiger charge is 2.26. The van der Waals surface area contributed by atoms with E-state index in [4.69, 9.17) is 4.74 Å². The summed E-state index contributed by atoms with van der Waals surface area (Å²) in [6.45, 7) is 1.62. The van der Waals surface area contributed by atoms with Crippen LogP contribution in [0.3, 0.4) is 0 Å². The van der Waals surface area contributed by atoms with Crippen LogP contribution in [0.2, 0.25) is 0 Å². The van der Waals surface area contributed by atoms with Crippen molar-refractivity contribution < 1.29 is 17.9 Å². The van der Waals surface area contributed by atoms with E-state index in [-0.39, 0.29) is 6.54 Å². The Morgan fingerprint density at radius 1 is 1.33 bits per heavy atom.